The SMILES string of the molecule is CC(C(=O)Nc1ccccc1F)N(C)CCOc1ccccc1. The summed E-state index contributed by atoms with van der Waals surface area (Å²) >= 11 is 0. The summed E-state index contributed by atoms with van der Waals surface area (Å²) in [7, 11) is 1.83. The second-order valence-electron chi connectivity index (χ2n) is 5.29. The zero-order chi connectivity index (χ0) is 16.7. The number of ether oxygens (including phenoxy) is 1. The smallest absolute Gasteiger partial charge is 0.241 e. The summed E-state index contributed by atoms with van der Waals surface area (Å²) in [6.45, 7) is 2.83. The molecule has 23 heavy (non-hydrogen) atoms. The van der Waals surface area contributed by atoms with Gasteiger partial charge in [0.1, 0.15) is 18.2 Å². The molecular formula is C18H21FN2O2. The minimum Gasteiger partial charge on any atom is -0.492 e. The van der Waals surface area contributed by atoms with Gasteiger partial charge in [-0.25, -0.2) is 4.39 Å². The number of halogens is 1. The zero-order valence-corrected chi connectivity index (χ0v) is 13.3. The van der Waals surface area contributed by atoms with E-state index in [9.17, 15) is 9.18 Å². The summed E-state index contributed by atoms with van der Waals surface area (Å²) < 4.78 is 19.2. The third-order valence-corrected chi connectivity index (χ3v) is 3.63. The molecule has 0 saturated carbocycles. The topological polar surface area (TPSA) is 41.6 Å². The van der Waals surface area contributed by atoms with Crippen LogP contribution in [0.5, 0.6) is 5.75 Å². The second-order valence-corrected chi connectivity index (χ2v) is 5.29. The minimum atomic E-state index is -0.442. The molecule has 0 aliphatic rings. The van der Waals surface area contributed by atoms with Gasteiger partial charge < -0.3 is 10.1 Å². The Morgan fingerprint density at radius 2 is 1.83 bits per heavy atom. The van der Waals surface area contributed by atoms with Gasteiger partial charge in [0.2, 0.25) is 5.91 Å². The summed E-state index contributed by atoms with van der Waals surface area (Å²) in [6, 6.07) is 15.2. The van der Waals surface area contributed by atoms with Crippen LogP contribution in [-0.2, 0) is 4.79 Å². The van der Waals surface area contributed by atoms with E-state index in [0.717, 1.165) is 5.75 Å². The Labute approximate surface area is 135 Å². The van der Waals surface area contributed by atoms with E-state index in [0.29, 0.717) is 13.2 Å². The van der Waals surface area contributed by atoms with Gasteiger partial charge in [-0.05, 0) is 38.2 Å². The summed E-state index contributed by atoms with van der Waals surface area (Å²) in [4.78, 5) is 14.0. The van der Waals surface area contributed by atoms with E-state index in [4.69, 9.17) is 4.74 Å². The van der Waals surface area contributed by atoms with E-state index in [2.05, 4.69) is 5.32 Å². The van der Waals surface area contributed by atoms with Crippen LogP contribution in [-0.4, -0.2) is 37.0 Å². The van der Waals surface area contributed by atoms with E-state index >= 15 is 0 Å². The number of benzene rings is 2. The number of carbonyl (C=O) groups excluding carboxylic acids is 1. The highest BCUT2D eigenvalue weighted by atomic mass is 19.1. The minimum absolute atomic E-state index is 0.193. The molecule has 0 fully saturated rings. The first-order chi connectivity index (χ1) is 11.1. The van der Waals surface area contributed by atoms with Gasteiger partial charge in [0.25, 0.3) is 0 Å². The Bertz CT molecular complexity index is 634. The molecule has 0 aliphatic heterocycles. The highest BCUT2D eigenvalue weighted by Crippen LogP contribution is 2.13. The van der Waals surface area contributed by atoms with E-state index in [1.54, 1.807) is 25.1 Å². The molecule has 0 saturated heterocycles. The molecule has 5 heteroatoms. The van der Waals surface area contributed by atoms with Crippen LogP contribution in [0.25, 0.3) is 0 Å². The van der Waals surface area contributed by atoms with Gasteiger partial charge in [-0.3, -0.25) is 9.69 Å². The van der Waals surface area contributed by atoms with E-state index in [-0.39, 0.29) is 11.6 Å². The summed E-state index contributed by atoms with van der Waals surface area (Å²) in [5, 5.41) is 2.60. The first-order valence-electron chi connectivity index (χ1n) is 7.51. The van der Waals surface area contributed by atoms with Crippen molar-refractivity contribution in [2.75, 3.05) is 25.5 Å². The number of hydrogen-bond donors (Lipinski definition) is 1. The molecule has 2 aromatic rings. The molecule has 4 nitrogen and oxygen atoms in total. The third-order valence-electron chi connectivity index (χ3n) is 3.63. The van der Waals surface area contributed by atoms with E-state index in [1.807, 2.05) is 42.3 Å². The predicted molar refractivity (Wildman–Crippen MR) is 89.1 cm³/mol. The van der Waals surface area contributed by atoms with Crippen LogP contribution in [0.1, 0.15) is 6.92 Å². The molecule has 1 amide bonds. The number of hydrogen-bond acceptors (Lipinski definition) is 3. The lowest BCUT2D eigenvalue weighted by atomic mass is 10.2. The van der Waals surface area contributed by atoms with Gasteiger partial charge in [-0.1, -0.05) is 30.3 Å². The Hall–Kier alpha value is -2.40. The van der Waals surface area contributed by atoms with Gasteiger partial charge in [0, 0.05) is 6.54 Å². The molecule has 0 aliphatic carbocycles. The fourth-order valence-electron chi connectivity index (χ4n) is 2.02. The summed E-state index contributed by atoms with van der Waals surface area (Å²) in [6.07, 6.45) is 0. The maximum Gasteiger partial charge on any atom is 0.241 e. The zero-order valence-electron chi connectivity index (χ0n) is 13.3. The number of para-hydroxylation sites is 2. The monoisotopic (exact) mass is 316 g/mol. The predicted octanol–water partition coefficient (Wildman–Crippen LogP) is 3.16. The maximum absolute atomic E-state index is 13.6. The highest BCUT2D eigenvalue weighted by molar-refractivity contribution is 5.94. The normalized spacial score (nSPS) is 12.0. The van der Waals surface area contributed by atoms with Gasteiger partial charge in [-0.15, -0.1) is 0 Å². The molecule has 0 bridgehead atoms. The molecule has 0 spiro atoms. The van der Waals surface area contributed by atoms with Crippen molar-refractivity contribution in [3.8, 4) is 5.75 Å². The Morgan fingerprint density at radius 3 is 2.52 bits per heavy atom. The second kappa shape index (κ2) is 8.29. The first kappa shape index (κ1) is 17.0. The average Bonchev–Trinajstić information content (AvgIpc) is 2.57. The van der Waals surface area contributed by atoms with Gasteiger partial charge in [0.05, 0.1) is 11.7 Å². The van der Waals surface area contributed by atoms with Crippen LogP contribution < -0.4 is 10.1 Å². The lowest BCUT2D eigenvalue weighted by Gasteiger charge is -2.24. The molecule has 1 unspecified atom stereocenters. The number of rotatable bonds is 7. The first-order valence-corrected chi connectivity index (χ1v) is 7.51. The number of nitrogens with zero attached hydrogens (tertiary/aromatic N) is 1. The molecule has 122 valence electrons. The number of carbonyl (C=O) groups is 1. The molecule has 0 heterocycles. The quantitative estimate of drug-likeness (QED) is 0.853. The largest absolute Gasteiger partial charge is 0.492 e. The highest BCUT2D eigenvalue weighted by Gasteiger charge is 2.18. The van der Waals surface area contributed by atoms with Crippen LogP contribution in [0.15, 0.2) is 54.6 Å². The van der Waals surface area contributed by atoms with Crippen molar-refractivity contribution < 1.29 is 13.9 Å². The van der Waals surface area contributed by atoms with E-state index in [1.165, 1.54) is 6.07 Å². The summed E-state index contributed by atoms with van der Waals surface area (Å²) in [5.74, 6) is 0.102. The number of nitrogens with one attached hydrogen (secondary N) is 1. The van der Waals surface area contributed by atoms with Crippen LogP contribution in [0.3, 0.4) is 0 Å². The lowest BCUT2D eigenvalue weighted by Crippen LogP contribution is -2.41. The standard InChI is InChI=1S/C18H21FN2O2/c1-14(18(22)20-17-11-7-6-10-16(17)19)21(2)12-13-23-15-8-4-3-5-9-15/h3-11,14H,12-13H2,1-2H3,(H,20,22). The fraction of sp³-hybridized carbons (Fsp3) is 0.278. The van der Waals surface area contributed by atoms with Crippen molar-refractivity contribution in [1.29, 1.82) is 0 Å². The molecule has 1 N–H and O–H groups in total. The van der Waals surface area contributed by atoms with Gasteiger partial charge >= 0.3 is 0 Å². The molecule has 0 aromatic heterocycles. The summed E-state index contributed by atoms with van der Waals surface area (Å²) in [5.41, 5.74) is 0.193. The number of likely N-dealkylation sites (N-methyl/N-ethyl adjacent to an activating group) is 1. The molecular weight excluding hydrogens is 295 g/mol. The van der Waals surface area contributed by atoms with Crippen LogP contribution >= 0.6 is 0 Å². The molecule has 2 rings (SSSR count). The van der Waals surface area contributed by atoms with Crippen molar-refractivity contribution in [2.24, 2.45) is 0 Å². The number of anilines is 1. The Morgan fingerprint density at radius 1 is 1.17 bits per heavy atom. The van der Waals surface area contributed by atoms with Gasteiger partial charge in [0.15, 0.2) is 0 Å². The lowest BCUT2D eigenvalue weighted by molar-refractivity contribution is -0.120. The van der Waals surface area contributed by atoms with Crippen molar-refractivity contribution in [2.45, 2.75) is 13.0 Å². The van der Waals surface area contributed by atoms with E-state index < -0.39 is 11.9 Å². The Kier molecular flexibility index (Phi) is 6.11. The van der Waals surface area contributed by atoms with Crippen LogP contribution in [0.4, 0.5) is 10.1 Å². The Balaban J connectivity index is 1.80. The van der Waals surface area contributed by atoms with Crippen molar-refractivity contribution >= 4 is 11.6 Å². The van der Waals surface area contributed by atoms with Crippen LogP contribution in [0.2, 0.25) is 0 Å². The average molecular weight is 316 g/mol. The van der Waals surface area contributed by atoms with Crippen LogP contribution in [0, 0.1) is 5.82 Å². The maximum atomic E-state index is 13.6. The molecule has 1 atom stereocenters. The van der Waals surface area contributed by atoms with Crippen molar-refractivity contribution in [3.63, 3.8) is 0 Å². The van der Waals surface area contributed by atoms with Crippen molar-refractivity contribution in [3.05, 3.63) is 60.4 Å². The van der Waals surface area contributed by atoms with Gasteiger partial charge in [-0.2, -0.15) is 0 Å². The van der Waals surface area contributed by atoms with Crippen molar-refractivity contribution in [1.82, 2.24) is 4.90 Å². The molecule has 2 aromatic carbocycles. The third kappa shape index (κ3) is 5.07. The fourth-order valence-corrected chi connectivity index (χ4v) is 2.02. The molecule has 0 radical (unpaired) electrons. The number of amides is 1.